The average molecular weight is 207 g/mol. The van der Waals surface area contributed by atoms with Crippen LogP contribution in [-0.2, 0) is 14.9 Å². The molecular formula is C7H13NO4S. The number of hydrogen-bond donors (Lipinski definition) is 2. The summed E-state index contributed by atoms with van der Waals surface area (Å²) in [5.41, 5.74) is 0. The van der Waals surface area contributed by atoms with E-state index in [9.17, 15) is 13.2 Å². The van der Waals surface area contributed by atoms with Crippen LogP contribution >= 0.6 is 0 Å². The number of hydrogen-bond acceptors (Lipinski definition) is 3. The molecule has 76 valence electrons. The lowest BCUT2D eigenvalue weighted by atomic mass is 10.4. The average Bonchev–Trinajstić information content (AvgIpc) is 1.81. The minimum Gasteiger partial charge on any atom is -0.349 e. The zero-order chi connectivity index (χ0) is 10.5. The highest BCUT2D eigenvalue weighted by molar-refractivity contribution is 7.85. The van der Waals surface area contributed by atoms with Crippen LogP contribution in [0.5, 0.6) is 0 Å². The molecule has 0 saturated heterocycles. The molecule has 0 fully saturated rings. The van der Waals surface area contributed by atoms with Crippen molar-refractivity contribution >= 4 is 16.0 Å². The molecular weight excluding hydrogens is 194 g/mol. The molecule has 0 radical (unpaired) electrons. The number of amides is 1. The van der Waals surface area contributed by atoms with Crippen LogP contribution in [-0.4, -0.2) is 30.7 Å². The highest BCUT2D eigenvalue weighted by Gasteiger charge is 2.12. The van der Waals surface area contributed by atoms with Crippen LogP contribution < -0.4 is 5.32 Å². The van der Waals surface area contributed by atoms with Crippen LogP contribution in [0.2, 0.25) is 0 Å². The number of rotatable bonds is 4. The Morgan fingerprint density at radius 3 is 2.54 bits per heavy atom. The molecule has 6 heteroatoms. The van der Waals surface area contributed by atoms with Gasteiger partial charge in [0.05, 0.1) is 5.75 Å². The van der Waals surface area contributed by atoms with Gasteiger partial charge in [0.25, 0.3) is 10.1 Å². The highest BCUT2D eigenvalue weighted by Crippen LogP contribution is 1.89. The first-order chi connectivity index (χ1) is 5.85. The largest absolute Gasteiger partial charge is 0.349 e. The van der Waals surface area contributed by atoms with E-state index in [0.717, 1.165) is 0 Å². The van der Waals surface area contributed by atoms with Gasteiger partial charge in [0.1, 0.15) is 0 Å². The van der Waals surface area contributed by atoms with Crippen molar-refractivity contribution in [1.82, 2.24) is 5.32 Å². The molecule has 0 aliphatic heterocycles. The third-order valence-electron chi connectivity index (χ3n) is 1.17. The van der Waals surface area contributed by atoms with Gasteiger partial charge in [-0.15, -0.1) is 0 Å². The first-order valence-corrected chi connectivity index (χ1v) is 5.34. The Labute approximate surface area is 77.6 Å². The summed E-state index contributed by atoms with van der Waals surface area (Å²) in [6.07, 6.45) is 2.82. The van der Waals surface area contributed by atoms with Gasteiger partial charge in [-0.2, -0.15) is 8.42 Å². The number of nitrogens with one attached hydrogen (secondary N) is 1. The molecule has 0 aromatic carbocycles. The molecule has 1 unspecified atom stereocenters. The van der Waals surface area contributed by atoms with Gasteiger partial charge in [0.15, 0.2) is 0 Å². The van der Waals surface area contributed by atoms with Crippen molar-refractivity contribution in [3.05, 3.63) is 12.2 Å². The van der Waals surface area contributed by atoms with E-state index in [1.807, 2.05) is 0 Å². The topological polar surface area (TPSA) is 83.5 Å². The van der Waals surface area contributed by atoms with Crippen LogP contribution in [0.1, 0.15) is 13.8 Å². The van der Waals surface area contributed by atoms with Crippen LogP contribution in [0.15, 0.2) is 12.2 Å². The second kappa shape index (κ2) is 4.98. The van der Waals surface area contributed by atoms with Crippen molar-refractivity contribution in [3.8, 4) is 0 Å². The number of allylic oxidation sites excluding steroid dienone is 1. The maximum absolute atomic E-state index is 10.9. The minimum atomic E-state index is -4.02. The Bertz CT molecular complexity index is 294. The molecule has 0 aromatic heterocycles. The number of carbonyl (C=O) groups is 1. The smallest absolute Gasteiger partial charge is 0.266 e. The van der Waals surface area contributed by atoms with Crippen LogP contribution in [0.25, 0.3) is 0 Å². The monoisotopic (exact) mass is 207 g/mol. The predicted molar refractivity (Wildman–Crippen MR) is 48.8 cm³/mol. The van der Waals surface area contributed by atoms with Crippen molar-refractivity contribution in [2.75, 3.05) is 5.75 Å². The Balaban J connectivity index is 4.02. The van der Waals surface area contributed by atoms with Crippen molar-refractivity contribution in [2.24, 2.45) is 0 Å². The fourth-order valence-electron chi connectivity index (χ4n) is 0.800. The lowest BCUT2D eigenvalue weighted by Gasteiger charge is -2.09. The lowest BCUT2D eigenvalue weighted by molar-refractivity contribution is -0.116. The highest BCUT2D eigenvalue weighted by atomic mass is 32.2. The van der Waals surface area contributed by atoms with Gasteiger partial charge in [-0.05, 0) is 19.9 Å². The van der Waals surface area contributed by atoms with E-state index in [4.69, 9.17) is 4.55 Å². The van der Waals surface area contributed by atoms with E-state index in [2.05, 4.69) is 5.32 Å². The summed E-state index contributed by atoms with van der Waals surface area (Å²) >= 11 is 0. The van der Waals surface area contributed by atoms with E-state index in [0.29, 0.717) is 0 Å². The van der Waals surface area contributed by atoms with Gasteiger partial charge in [-0.3, -0.25) is 9.35 Å². The summed E-state index contributed by atoms with van der Waals surface area (Å²) in [5.74, 6) is -0.852. The first-order valence-electron chi connectivity index (χ1n) is 3.73. The zero-order valence-electron chi connectivity index (χ0n) is 7.52. The second-order valence-corrected chi connectivity index (χ2v) is 4.16. The fraction of sp³-hybridized carbons (Fsp3) is 0.571. The van der Waals surface area contributed by atoms with E-state index in [-0.39, 0.29) is 5.91 Å². The summed E-state index contributed by atoms with van der Waals surface area (Å²) in [4.78, 5) is 10.9. The molecule has 2 N–H and O–H groups in total. The lowest BCUT2D eigenvalue weighted by Crippen LogP contribution is -2.36. The molecule has 0 rings (SSSR count). The van der Waals surface area contributed by atoms with Gasteiger partial charge in [-0.1, -0.05) is 6.08 Å². The molecule has 0 heterocycles. The maximum Gasteiger partial charge on any atom is 0.266 e. The SMILES string of the molecule is CC=CC(=O)NC(C)CS(=O)(=O)O. The quantitative estimate of drug-likeness (QED) is 0.500. The van der Waals surface area contributed by atoms with Crippen molar-refractivity contribution in [2.45, 2.75) is 19.9 Å². The van der Waals surface area contributed by atoms with E-state index in [1.54, 1.807) is 6.92 Å². The van der Waals surface area contributed by atoms with Crippen molar-refractivity contribution in [1.29, 1.82) is 0 Å². The Hall–Kier alpha value is -0.880. The summed E-state index contributed by atoms with van der Waals surface area (Å²) in [6.45, 7) is 3.17. The predicted octanol–water partition coefficient (Wildman–Crippen LogP) is -0.0450. The third-order valence-corrected chi connectivity index (χ3v) is 2.09. The maximum atomic E-state index is 10.9. The standard InChI is InChI=1S/C7H13NO4S/c1-3-4-7(9)8-6(2)5-13(10,11)12/h3-4,6H,5H2,1-2H3,(H,8,9)(H,10,11,12). The van der Waals surface area contributed by atoms with E-state index < -0.39 is 21.9 Å². The van der Waals surface area contributed by atoms with Gasteiger partial charge >= 0.3 is 0 Å². The molecule has 5 nitrogen and oxygen atoms in total. The Kier molecular flexibility index (Phi) is 4.64. The van der Waals surface area contributed by atoms with Gasteiger partial charge in [-0.25, -0.2) is 0 Å². The molecule has 0 aliphatic carbocycles. The number of carbonyl (C=O) groups excluding carboxylic acids is 1. The molecule has 0 spiro atoms. The van der Waals surface area contributed by atoms with Crippen molar-refractivity contribution in [3.63, 3.8) is 0 Å². The summed E-state index contributed by atoms with van der Waals surface area (Å²) in [5, 5.41) is 2.37. The molecule has 0 saturated carbocycles. The minimum absolute atomic E-state index is 0.376. The van der Waals surface area contributed by atoms with Crippen LogP contribution in [0.3, 0.4) is 0 Å². The van der Waals surface area contributed by atoms with Gasteiger partial charge in [0, 0.05) is 6.04 Å². The third kappa shape index (κ3) is 7.48. The molecule has 13 heavy (non-hydrogen) atoms. The molecule has 1 atom stereocenters. The molecule has 0 aromatic rings. The normalized spacial score (nSPS) is 14.4. The zero-order valence-corrected chi connectivity index (χ0v) is 8.34. The summed E-state index contributed by atoms with van der Waals surface area (Å²) in [7, 11) is -4.02. The molecule has 0 aliphatic rings. The molecule has 1 amide bonds. The Morgan fingerprint density at radius 2 is 2.15 bits per heavy atom. The summed E-state index contributed by atoms with van der Waals surface area (Å²) < 4.78 is 29.2. The first kappa shape index (κ1) is 12.1. The second-order valence-electron chi connectivity index (χ2n) is 2.66. The van der Waals surface area contributed by atoms with Crippen LogP contribution in [0, 0.1) is 0 Å². The van der Waals surface area contributed by atoms with Crippen molar-refractivity contribution < 1.29 is 17.8 Å². The Morgan fingerprint density at radius 1 is 1.62 bits per heavy atom. The van der Waals surface area contributed by atoms with E-state index in [1.165, 1.54) is 19.1 Å². The van der Waals surface area contributed by atoms with E-state index >= 15 is 0 Å². The fourth-order valence-corrected chi connectivity index (χ4v) is 1.52. The molecule has 0 bridgehead atoms. The van der Waals surface area contributed by atoms with Crippen LogP contribution in [0.4, 0.5) is 0 Å². The van der Waals surface area contributed by atoms with Gasteiger partial charge < -0.3 is 5.32 Å². The summed E-state index contributed by atoms with van der Waals surface area (Å²) in [6, 6.07) is -0.598. The van der Waals surface area contributed by atoms with Gasteiger partial charge in [0.2, 0.25) is 5.91 Å².